The van der Waals surface area contributed by atoms with Crippen molar-refractivity contribution in [1.82, 2.24) is 0 Å². The van der Waals surface area contributed by atoms with Crippen molar-refractivity contribution in [2.45, 2.75) is 91.6 Å². The van der Waals surface area contributed by atoms with Crippen LogP contribution in [-0.2, 0) is 18.6 Å². The molecule has 4 nitrogen and oxygen atoms in total. The average molecular weight is 594 g/mol. The molecule has 0 N–H and O–H groups in total. The van der Waals surface area contributed by atoms with E-state index in [-0.39, 0.29) is 36.6 Å². The van der Waals surface area contributed by atoms with Crippen LogP contribution in [0.25, 0.3) is 0 Å². The molecular weight excluding hydrogens is 558 g/mol. The Labute approximate surface area is 223 Å². The monoisotopic (exact) mass is 592 g/mol. The summed E-state index contributed by atoms with van der Waals surface area (Å²) >= 11 is 6.83. The Morgan fingerprint density at radius 3 is 1.12 bits per heavy atom. The lowest BCUT2D eigenvalue weighted by Crippen LogP contribution is -2.44. The molecule has 0 atom stereocenters. The highest BCUT2D eigenvalue weighted by atomic mass is 79.9. The number of hydrogen-bond donors (Lipinski definition) is 0. The number of halogens is 2. The molecule has 0 amide bonds. The fourth-order valence-electron chi connectivity index (χ4n) is 3.70. The van der Waals surface area contributed by atoms with E-state index in [4.69, 9.17) is 18.6 Å². The van der Waals surface area contributed by atoms with Crippen LogP contribution in [0.2, 0.25) is 0 Å². The van der Waals surface area contributed by atoms with Crippen LogP contribution in [0.3, 0.4) is 0 Å². The van der Waals surface area contributed by atoms with E-state index in [1.165, 1.54) is 5.56 Å². The Morgan fingerprint density at radius 1 is 0.529 bits per heavy atom. The van der Waals surface area contributed by atoms with Crippen molar-refractivity contribution in [3.8, 4) is 0 Å². The van der Waals surface area contributed by atoms with Gasteiger partial charge in [-0.15, -0.1) is 0 Å². The third-order valence-electron chi connectivity index (χ3n) is 7.63. The van der Waals surface area contributed by atoms with Gasteiger partial charge in [0.05, 0.1) is 22.4 Å². The second-order valence-corrected chi connectivity index (χ2v) is 12.8. The second-order valence-electron chi connectivity index (χ2n) is 11.1. The standard InChI is InChI=1S/C19H30B2O4.C7H6Br2/c1-13-14(20-22-16(2,3)17(4,5)23-20)11-10-12-15(13)21-24-18(6,7)19(8,9)25-21;1-5-6(8)3-2-4-7(5)9/h10-12H,1-9H3;2-4H,1H3. The second kappa shape index (κ2) is 9.68. The van der Waals surface area contributed by atoms with Crippen LogP contribution in [0.15, 0.2) is 45.3 Å². The van der Waals surface area contributed by atoms with Crippen molar-refractivity contribution in [2.75, 3.05) is 0 Å². The van der Waals surface area contributed by atoms with Crippen molar-refractivity contribution in [3.63, 3.8) is 0 Å². The Hall–Kier alpha value is -0.630. The molecule has 0 bridgehead atoms. The molecular formula is C26H36B2Br2O4. The van der Waals surface area contributed by atoms with Gasteiger partial charge in [-0.2, -0.15) is 0 Å². The third-order valence-corrected chi connectivity index (χ3v) is 9.35. The van der Waals surface area contributed by atoms with Crippen molar-refractivity contribution < 1.29 is 18.6 Å². The first-order chi connectivity index (χ1) is 15.5. The lowest BCUT2D eigenvalue weighted by atomic mass is 9.68. The SMILES string of the molecule is Cc1c(B2OC(C)(C)C(C)(C)O2)cccc1B1OC(C)(C)C(C)(C)O1.Cc1c(Br)cccc1Br. The van der Waals surface area contributed by atoms with Gasteiger partial charge in [0, 0.05) is 8.95 Å². The van der Waals surface area contributed by atoms with E-state index < -0.39 is 0 Å². The normalized spacial score (nSPS) is 21.9. The number of rotatable bonds is 2. The van der Waals surface area contributed by atoms with E-state index in [1.807, 2.05) is 24.3 Å². The van der Waals surface area contributed by atoms with Gasteiger partial charge < -0.3 is 18.6 Å². The van der Waals surface area contributed by atoms with Crippen LogP contribution < -0.4 is 10.9 Å². The molecule has 0 radical (unpaired) electrons. The average Bonchev–Trinajstić information content (AvgIpc) is 3.06. The highest BCUT2D eigenvalue weighted by Gasteiger charge is 2.54. The van der Waals surface area contributed by atoms with Gasteiger partial charge in [0.1, 0.15) is 0 Å². The quantitative estimate of drug-likeness (QED) is 0.394. The van der Waals surface area contributed by atoms with E-state index in [0.717, 1.165) is 25.4 Å². The molecule has 0 saturated carbocycles. The van der Waals surface area contributed by atoms with E-state index in [9.17, 15) is 0 Å². The van der Waals surface area contributed by atoms with Crippen molar-refractivity contribution in [1.29, 1.82) is 0 Å². The van der Waals surface area contributed by atoms with E-state index in [2.05, 4.69) is 113 Å². The highest BCUT2D eigenvalue weighted by molar-refractivity contribution is 9.11. The summed E-state index contributed by atoms with van der Waals surface area (Å²) in [5, 5.41) is 0. The zero-order chi connectivity index (χ0) is 25.7. The van der Waals surface area contributed by atoms with Crippen LogP contribution in [0.5, 0.6) is 0 Å². The maximum absolute atomic E-state index is 6.23. The predicted molar refractivity (Wildman–Crippen MR) is 149 cm³/mol. The first kappa shape index (κ1) is 27.9. The Balaban J connectivity index is 0.000000302. The molecule has 2 aliphatic rings. The van der Waals surface area contributed by atoms with Crippen LogP contribution in [0.1, 0.15) is 66.5 Å². The minimum Gasteiger partial charge on any atom is -0.399 e. The minimum absolute atomic E-state index is 0.357. The predicted octanol–water partition coefficient (Wildman–Crippen LogP) is 6.11. The molecule has 2 aromatic carbocycles. The summed E-state index contributed by atoms with van der Waals surface area (Å²) in [5.41, 5.74) is 2.98. The van der Waals surface area contributed by atoms with Gasteiger partial charge in [0.2, 0.25) is 0 Å². The molecule has 2 saturated heterocycles. The van der Waals surface area contributed by atoms with E-state index in [0.29, 0.717) is 0 Å². The molecule has 0 unspecified atom stereocenters. The molecule has 184 valence electrons. The molecule has 0 aliphatic carbocycles. The Bertz CT molecular complexity index is 947. The summed E-state index contributed by atoms with van der Waals surface area (Å²) < 4.78 is 27.2. The van der Waals surface area contributed by atoms with Crippen molar-refractivity contribution in [3.05, 3.63) is 56.5 Å². The number of hydrogen-bond acceptors (Lipinski definition) is 4. The zero-order valence-corrected chi connectivity index (χ0v) is 25.2. The topological polar surface area (TPSA) is 36.9 Å². The largest absolute Gasteiger partial charge is 0.495 e. The van der Waals surface area contributed by atoms with Gasteiger partial charge in [-0.1, -0.05) is 61.7 Å². The molecule has 2 heterocycles. The fraction of sp³-hybridized carbons (Fsp3) is 0.538. The summed E-state index contributed by atoms with van der Waals surface area (Å²) in [7, 11) is -0.764. The van der Waals surface area contributed by atoms with Crippen LogP contribution in [0.4, 0.5) is 0 Å². The summed E-state index contributed by atoms with van der Waals surface area (Å²) in [5.74, 6) is 0. The summed E-state index contributed by atoms with van der Waals surface area (Å²) in [4.78, 5) is 0. The minimum atomic E-state index is -0.382. The first-order valence-corrected chi connectivity index (χ1v) is 13.3. The lowest BCUT2D eigenvalue weighted by molar-refractivity contribution is 0.00578. The maximum atomic E-state index is 6.23. The van der Waals surface area contributed by atoms with Gasteiger partial charge >= 0.3 is 14.2 Å². The third kappa shape index (κ3) is 5.37. The molecule has 4 rings (SSSR count). The van der Waals surface area contributed by atoms with Crippen LogP contribution >= 0.6 is 31.9 Å². The van der Waals surface area contributed by atoms with E-state index >= 15 is 0 Å². The zero-order valence-electron chi connectivity index (χ0n) is 22.0. The number of benzene rings is 2. The lowest BCUT2D eigenvalue weighted by Gasteiger charge is -2.32. The van der Waals surface area contributed by atoms with Gasteiger partial charge in [-0.3, -0.25) is 0 Å². The van der Waals surface area contributed by atoms with Gasteiger partial charge in [0.15, 0.2) is 0 Å². The van der Waals surface area contributed by atoms with Gasteiger partial charge in [-0.25, -0.2) is 0 Å². The highest BCUT2D eigenvalue weighted by Crippen LogP contribution is 2.38. The molecule has 8 heteroatoms. The summed E-state index contributed by atoms with van der Waals surface area (Å²) in [6, 6.07) is 12.2. The molecule has 0 aromatic heterocycles. The summed E-state index contributed by atoms with van der Waals surface area (Å²) in [6.45, 7) is 20.7. The Morgan fingerprint density at radius 2 is 0.824 bits per heavy atom. The smallest absolute Gasteiger partial charge is 0.399 e. The van der Waals surface area contributed by atoms with E-state index in [1.54, 1.807) is 0 Å². The summed E-state index contributed by atoms with van der Waals surface area (Å²) in [6.07, 6.45) is 0. The van der Waals surface area contributed by atoms with Crippen LogP contribution in [-0.4, -0.2) is 36.6 Å². The van der Waals surface area contributed by atoms with Gasteiger partial charge in [-0.05, 0) is 97.9 Å². The Kier molecular flexibility index (Phi) is 7.96. The fourth-order valence-corrected chi connectivity index (χ4v) is 4.70. The van der Waals surface area contributed by atoms with Crippen molar-refractivity contribution in [2.24, 2.45) is 0 Å². The molecule has 2 aliphatic heterocycles. The molecule has 2 aromatic rings. The maximum Gasteiger partial charge on any atom is 0.495 e. The van der Waals surface area contributed by atoms with Crippen LogP contribution in [0, 0.1) is 13.8 Å². The van der Waals surface area contributed by atoms with Crippen molar-refractivity contribution >= 4 is 57.0 Å². The van der Waals surface area contributed by atoms with Gasteiger partial charge in [0.25, 0.3) is 0 Å². The first-order valence-electron chi connectivity index (χ1n) is 11.7. The molecule has 34 heavy (non-hydrogen) atoms. The molecule has 2 fully saturated rings. The molecule has 0 spiro atoms.